The first-order valence-electron chi connectivity index (χ1n) is 14.3. The molecule has 1 N–H and O–H groups in total. The van der Waals surface area contributed by atoms with Gasteiger partial charge in [0.15, 0.2) is 0 Å². The second kappa shape index (κ2) is 14.5. The monoisotopic (exact) mass is 608 g/mol. The van der Waals surface area contributed by atoms with E-state index in [4.69, 9.17) is 23.2 Å². The molecule has 7 nitrogen and oxygen atoms in total. The molecule has 40 heavy (non-hydrogen) atoms. The third-order valence-electron chi connectivity index (χ3n) is 8.24. The summed E-state index contributed by atoms with van der Waals surface area (Å²) in [5, 5.41) is 4.07. The molecule has 220 valence electrons. The van der Waals surface area contributed by atoms with E-state index in [2.05, 4.69) is 34.5 Å². The number of benzene rings is 2. The van der Waals surface area contributed by atoms with Crippen LogP contribution in [0.5, 0.6) is 0 Å². The Morgan fingerprint density at radius 2 is 1.60 bits per heavy atom. The number of amides is 1. The molecule has 0 spiro atoms. The molecule has 0 unspecified atom stereocenters. The van der Waals surface area contributed by atoms with Crippen molar-refractivity contribution in [3.63, 3.8) is 0 Å². The lowest BCUT2D eigenvalue weighted by Gasteiger charge is -2.35. The van der Waals surface area contributed by atoms with Gasteiger partial charge in [0.1, 0.15) is 0 Å². The molecule has 10 heteroatoms. The van der Waals surface area contributed by atoms with Crippen LogP contribution in [0.2, 0.25) is 10.0 Å². The molecular weight excluding hydrogens is 567 g/mol. The van der Waals surface area contributed by atoms with Crippen LogP contribution < -0.4 is 10.2 Å². The van der Waals surface area contributed by atoms with E-state index < -0.39 is 10.0 Å². The van der Waals surface area contributed by atoms with Crippen molar-refractivity contribution < 1.29 is 13.2 Å². The number of anilines is 1. The van der Waals surface area contributed by atoms with Gasteiger partial charge in [0.25, 0.3) is 0 Å². The number of hydrogen-bond acceptors (Lipinski definition) is 5. The minimum atomic E-state index is -3.24. The number of hydrogen-bond donors (Lipinski definition) is 1. The quantitative estimate of drug-likeness (QED) is 0.386. The first-order chi connectivity index (χ1) is 19.1. The van der Waals surface area contributed by atoms with Crippen molar-refractivity contribution in [1.29, 1.82) is 0 Å². The Kier molecular flexibility index (Phi) is 11.3. The summed E-state index contributed by atoms with van der Waals surface area (Å²) in [4.78, 5) is 18.0. The average molecular weight is 610 g/mol. The highest BCUT2D eigenvalue weighted by Gasteiger charge is 2.32. The summed E-state index contributed by atoms with van der Waals surface area (Å²) >= 11 is 12.5. The first kappa shape index (κ1) is 31.3. The van der Waals surface area contributed by atoms with E-state index in [1.807, 2.05) is 18.0 Å². The van der Waals surface area contributed by atoms with E-state index in [1.165, 1.54) is 34.5 Å². The zero-order valence-corrected chi connectivity index (χ0v) is 25.9. The molecule has 4 rings (SSSR count). The van der Waals surface area contributed by atoms with Crippen molar-refractivity contribution in [3.8, 4) is 0 Å². The highest BCUT2D eigenvalue weighted by Crippen LogP contribution is 2.30. The second-order valence-electron chi connectivity index (χ2n) is 11.2. The Morgan fingerprint density at radius 3 is 2.20 bits per heavy atom. The maximum absolute atomic E-state index is 13.7. The molecule has 0 aliphatic carbocycles. The Labute approximate surface area is 249 Å². The molecule has 0 bridgehead atoms. The highest BCUT2D eigenvalue weighted by atomic mass is 35.5. The Morgan fingerprint density at radius 1 is 0.950 bits per heavy atom. The number of sulfonamides is 1. The summed E-state index contributed by atoms with van der Waals surface area (Å²) in [6, 6.07) is 14.3. The second-order valence-corrected chi connectivity index (χ2v) is 14.0. The van der Waals surface area contributed by atoms with Crippen molar-refractivity contribution >= 4 is 44.8 Å². The van der Waals surface area contributed by atoms with Crippen LogP contribution in [0.15, 0.2) is 42.5 Å². The van der Waals surface area contributed by atoms with E-state index in [9.17, 15) is 13.2 Å². The molecule has 0 saturated carbocycles. The SMILES string of the molecule is CNCc1ccc(CC2CCN(CCCN(C(=O)C3CCN(S(C)(=O)=O)CC3)c3ccc(Cl)c(Cl)c3)CC2)cc1. The number of likely N-dealkylation sites (tertiary alicyclic amines) is 1. The Balaban J connectivity index is 1.29. The molecule has 0 aromatic heterocycles. The summed E-state index contributed by atoms with van der Waals surface area (Å²) in [6.45, 7) is 5.32. The molecule has 2 aromatic rings. The first-order valence-corrected chi connectivity index (χ1v) is 16.9. The molecule has 2 fully saturated rings. The zero-order chi connectivity index (χ0) is 28.7. The van der Waals surface area contributed by atoms with Gasteiger partial charge in [0, 0.05) is 37.8 Å². The number of piperidine rings is 2. The van der Waals surface area contributed by atoms with Gasteiger partial charge in [-0.2, -0.15) is 0 Å². The van der Waals surface area contributed by atoms with Crippen LogP contribution in [0.25, 0.3) is 0 Å². The lowest BCUT2D eigenvalue weighted by atomic mass is 9.90. The number of nitrogens with one attached hydrogen (secondary N) is 1. The van der Waals surface area contributed by atoms with Crippen LogP contribution in [0, 0.1) is 11.8 Å². The highest BCUT2D eigenvalue weighted by molar-refractivity contribution is 7.88. The topological polar surface area (TPSA) is 73.0 Å². The lowest BCUT2D eigenvalue weighted by Crippen LogP contribution is -2.45. The molecule has 1 amide bonds. The number of halogens is 2. The van der Waals surface area contributed by atoms with Gasteiger partial charge in [0.05, 0.1) is 16.3 Å². The predicted molar refractivity (Wildman–Crippen MR) is 165 cm³/mol. The van der Waals surface area contributed by atoms with E-state index in [-0.39, 0.29) is 11.8 Å². The summed E-state index contributed by atoms with van der Waals surface area (Å²) in [7, 11) is -1.27. The summed E-state index contributed by atoms with van der Waals surface area (Å²) in [6.07, 6.45) is 6.63. The van der Waals surface area contributed by atoms with Gasteiger partial charge in [-0.25, -0.2) is 12.7 Å². The molecular formula is C30H42Cl2N4O3S. The normalized spacial score (nSPS) is 18.2. The lowest BCUT2D eigenvalue weighted by molar-refractivity contribution is -0.123. The fraction of sp³-hybridized carbons (Fsp3) is 0.567. The van der Waals surface area contributed by atoms with E-state index >= 15 is 0 Å². The minimum absolute atomic E-state index is 0.0333. The third-order valence-corrected chi connectivity index (χ3v) is 10.3. The van der Waals surface area contributed by atoms with Gasteiger partial charge in [-0.15, -0.1) is 0 Å². The number of rotatable bonds is 11. The van der Waals surface area contributed by atoms with Gasteiger partial charge < -0.3 is 15.1 Å². The van der Waals surface area contributed by atoms with Gasteiger partial charge in [-0.05, 0) is 100 Å². The number of carbonyl (C=O) groups is 1. The van der Waals surface area contributed by atoms with Crippen LogP contribution >= 0.6 is 23.2 Å². The molecule has 2 aliphatic rings. The predicted octanol–water partition coefficient (Wildman–Crippen LogP) is 5.06. The fourth-order valence-corrected chi connectivity index (χ4v) is 7.04. The zero-order valence-electron chi connectivity index (χ0n) is 23.6. The summed E-state index contributed by atoms with van der Waals surface area (Å²) in [5.41, 5.74) is 3.47. The van der Waals surface area contributed by atoms with E-state index in [0.29, 0.717) is 48.4 Å². The van der Waals surface area contributed by atoms with Crippen molar-refractivity contribution in [2.45, 2.75) is 45.1 Å². The Bertz CT molecular complexity index is 1230. The maximum Gasteiger partial charge on any atom is 0.230 e. The standard InChI is InChI=1S/C30H42Cl2N4O3S/c1-33-22-25-6-4-23(5-7-25)20-24-10-16-34(17-11-24)14-3-15-36(27-8-9-28(31)29(32)21-27)30(37)26-12-18-35(19-13-26)40(2,38)39/h4-9,21,24,26,33H,3,10-20,22H2,1-2H3. The largest absolute Gasteiger partial charge is 0.316 e. The number of carbonyl (C=O) groups excluding carboxylic acids is 1. The number of nitrogens with zero attached hydrogens (tertiary/aromatic N) is 3. The van der Waals surface area contributed by atoms with Crippen LogP contribution in [0.3, 0.4) is 0 Å². The minimum Gasteiger partial charge on any atom is -0.316 e. The van der Waals surface area contributed by atoms with Crippen LogP contribution in [-0.4, -0.2) is 76.1 Å². The van der Waals surface area contributed by atoms with Gasteiger partial charge >= 0.3 is 0 Å². The van der Waals surface area contributed by atoms with Gasteiger partial charge in [0.2, 0.25) is 15.9 Å². The van der Waals surface area contributed by atoms with E-state index in [1.54, 1.807) is 12.1 Å². The van der Waals surface area contributed by atoms with Crippen molar-refractivity contribution in [2.24, 2.45) is 11.8 Å². The van der Waals surface area contributed by atoms with Crippen LogP contribution in [0.4, 0.5) is 5.69 Å². The third kappa shape index (κ3) is 8.66. The average Bonchev–Trinajstić information content (AvgIpc) is 2.94. The van der Waals surface area contributed by atoms with E-state index in [0.717, 1.165) is 44.7 Å². The van der Waals surface area contributed by atoms with Gasteiger partial charge in [-0.1, -0.05) is 47.5 Å². The molecule has 0 radical (unpaired) electrons. The summed E-state index contributed by atoms with van der Waals surface area (Å²) < 4.78 is 25.3. The molecule has 0 atom stereocenters. The molecule has 2 heterocycles. The Hall–Kier alpha value is -1.68. The van der Waals surface area contributed by atoms with Crippen LogP contribution in [0.1, 0.15) is 43.2 Å². The van der Waals surface area contributed by atoms with Crippen molar-refractivity contribution in [1.82, 2.24) is 14.5 Å². The van der Waals surface area contributed by atoms with Crippen molar-refractivity contribution in [3.05, 3.63) is 63.6 Å². The van der Waals surface area contributed by atoms with Gasteiger partial charge in [-0.3, -0.25) is 4.79 Å². The summed E-state index contributed by atoms with van der Waals surface area (Å²) in [5.74, 6) is 0.528. The smallest absolute Gasteiger partial charge is 0.230 e. The maximum atomic E-state index is 13.7. The fourth-order valence-electron chi connectivity index (χ4n) is 5.87. The van der Waals surface area contributed by atoms with Crippen molar-refractivity contribution in [2.75, 3.05) is 57.5 Å². The van der Waals surface area contributed by atoms with Crippen LogP contribution in [-0.2, 0) is 27.8 Å². The molecule has 2 aliphatic heterocycles. The molecule has 2 saturated heterocycles. The molecule has 2 aromatic carbocycles.